The number of carbonyl (C=O) groups excluding carboxylic acids is 3. The molecule has 0 radical (unpaired) electrons. The van der Waals surface area contributed by atoms with Crippen LogP contribution in [0.4, 0.5) is 13.2 Å². The second-order valence-corrected chi connectivity index (χ2v) is 8.23. The first kappa shape index (κ1) is 39.1. The Morgan fingerprint density at radius 1 is 0.925 bits per heavy atom. The molecule has 2 aromatic rings. The van der Waals surface area contributed by atoms with Gasteiger partial charge in [0.15, 0.2) is 6.79 Å². The molecule has 0 spiro atoms. The number of halogens is 5. The fourth-order valence-electron chi connectivity index (χ4n) is 2.60. The summed E-state index contributed by atoms with van der Waals surface area (Å²) in [6.45, 7) is 8.10. The molecule has 0 aliphatic carbocycles. The first-order valence-electron chi connectivity index (χ1n) is 11.8. The number of esters is 2. The van der Waals surface area contributed by atoms with E-state index < -0.39 is 12.5 Å². The first-order valence-corrected chi connectivity index (χ1v) is 12.9. The number of hydrogen-bond donors (Lipinski definition) is 1. The van der Waals surface area contributed by atoms with Crippen molar-refractivity contribution >= 4 is 41.4 Å². The van der Waals surface area contributed by atoms with Crippen molar-refractivity contribution in [2.45, 2.75) is 45.7 Å². The van der Waals surface area contributed by atoms with Gasteiger partial charge >= 0.3 is 18.1 Å². The molecule has 0 heterocycles. The van der Waals surface area contributed by atoms with E-state index in [1.165, 1.54) is 0 Å². The molecule has 0 aromatic heterocycles. The van der Waals surface area contributed by atoms with Crippen molar-refractivity contribution in [3.63, 3.8) is 0 Å². The number of phenols is 1. The SMILES string of the molecule is CCOC(=O)C(C)c1cccc(O)c1.CCOC(=O)C(C)c1cccc(OCOC)c1.ClCCl.O=CC(F)(F)F. The molecular formula is C27H35Cl2F3O8. The second kappa shape index (κ2) is 22.8. The van der Waals surface area contributed by atoms with Gasteiger partial charge in [0.25, 0.3) is 0 Å². The van der Waals surface area contributed by atoms with Gasteiger partial charge in [-0.3, -0.25) is 14.4 Å². The molecule has 0 aliphatic heterocycles. The summed E-state index contributed by atoms with van der Waals surface area (Å²) in [5.74, 6) is -0.267. The van der Waals surface area contributed by atoms with Crippen LogP contribution in [0.2, 0.25) is 0 Å². The Morgan fingerprint density at radius 2 is 1.35 bits per heavy atom. The predicted octanol–water partition coefficient (Wildman–Crippen LogP) is 6.56. The van der Waals surface area contributed by atoms with Gasteiger partial charge in [-0.25, -0.2) is 0 Å². The van der Waals surface area contributed by atoms with E-state index in [2.05, 4.69) is 0 Å². The summed E-state index contributed by atoms with van der Waals surface area (Å²) in [7, 11) is 1.56. The van der Waals surface area contributed by atoms with Gasteiger partial charge in [0.2, 0.25) is 6.29 Å². The van der Waals surface area contributed by atoms with E-state index >= 15 is 0 Å². The number of benzene rings is 2. The van der Waals surface area contributed by atoms with Gasteiger partial charge in [0.05, 0.1) is 30.4 Å². The zero-order chi connectivity index (χ0) is 31.1. The number of ether oxygens (including phenoxy) is 4. The van der Waals surface area contributed by atoms with Crippen LogP contribution in [0.5, 0.6) is 11.5 Å². The second-order valence-electron chi connectivity index (χ2n) is 7.43. The molecule has 0 saturated carbocycles. The number of alkyl halides is 5. The highest BCUT2D eigenvalue weighted by Crippen LogP contribution is 2.22. The van der Waals surface area contributed by atoms with Crippen LogP contribution in [0.25, 0.3) is 0 Å². The number of aldehydes is 1. The fraction of sp³-hybridized carbons (Fsp3) is 0.444. The van der Waals surface area contributed by atoms with Crippen molar-refractivity contribution in [3.05, 3.63) is 59.7 Å². The smallest absolute Gasteiger partial charge is 0.446 e. The molecule has 1 N–H and O–H groups in total. The molecule has 8 nitrogen and oxygen atoms in total. The molecule has 2 atom stereocenters. The lowest BCUT2D eigenvalue weighted by molar-refractivity contribution is -0.156. The molecule has 0 saturated heterocycles. The van der Waals surface area contributed by atoms with Crippen LogP contribution in [0.15, 0.2) is 48.5 Å². The maximum Gasteiger partial charge on any atom is 0.446 e. The normalized spacial score (nSPS) is 11.4. The van der Waals surface area contributed by atoms with Crippen LogP contribution in [0.3, 0.4) is 0 Å². The topological polar surface area (TPSA) is 108 Å². The Morgan fingerprint density at radius 3 is 1.73 bits per heavy atom. The summed E-state index contributed by atoms with van der Waals surface area (Å²) >= 11 is 9.53. The maximum absolute atomic E-state index is 11.6. The minimum absolute atomic E-state index is 0.165. The number of methoxy groups -OCH3 is 1. The molecule has 2 rings (SSSR count). The van der Waals surface area contributed by atoms with Gasteiger partial charge in [0.1, 0.15) is 11.5 Å². The van der Waals surface area contributed by atoms with Crippen molar-refractivity contribution in [3.8, 4) is 11.5 Å². The number of hydrogen-bond acceptors (Lipinski definition) is 8. The van der Waals surface area contributed by atoms with E-state index in [0.717, 1.165) is 11.1 Å². The lowest BCUT2D eigenvalue weighted by Crippen LogP contribution is -2.13. The van der Waals surface area contributed by atoms with Crippen molar-refractivity contribution < 1.29 is 51.6 Å². The summed E-state index contributed by atoms with van der Waals surface area (Å²) < 4.78 is 51.2. The summed E-state index contributed by atoms with van der Waals surface area (Å²) in [6, 6.07) is 14.0. The molecule has 0 amide bonds. The molecule has 226 valence electrons. The molecule has 2 unspecified atom stereocenters. The van der Waals surface area contributed by atoms with Gasteiger partial charge in [-0.2, -0.15) is 13.2 Å². The predicted molar refractivity (Wildman–Crippen MR) is 146 cm³/mol. The third kappa shape index (κ3) is 19.1. The molecule has 0 fully saturated rings. The van der Waals surface area contributed by atoms with Gasteiger partial charge < -0.3 is 24.1 Å². The Balaban J connectivity index is 0. The minimum atomic E-state index is -4.64. The van der Waals surface area contributed by atoms with Crippen molar-refractivity contribution in [2.75, 3.05) is 32.5 Å². The van der Waals surface area contributed by atoms with Crippen LogP contribution >= 0.6 is 23.2 Å². The summed E-state index contributed by atoms with van der Waals surface area (Å²) in [5, 5.41) is 9.42. The molecule has 13 heteroatoms. The number of phenolic OH excluding ortho intramolecular Hbond substituents is 1. The minimum Gasteiger partial charge on any atom is -0.508 e. The third-order valence-corrected chi connectivity index (χ3v) is 4.49. The van der Waals surface area contributed by atoms with Crippen molar-refractivity contribution in [2.24, 2.45) is 0 Å². The van der Waals surface area contributed by atoms with E-state index in [1.807, 2.05) is 31.2 Å². The van der Waals surface area contributed by atoms with E-state index in [4.69, 9.17) is 46.9 Å². The Bertz CT molecular complexity index is 990. The van der Waals surface area contributed by atoms with Crippen LogP contribution in [-0.2, 0) is 28.6 Å². The van der Waals surface area contributed by atoms with E-state index in [1.54, 1.807) is 52.1 Å². The fourth-order valence-corrected chi connectivity index (χ4v) is 2.60. The third-order valence-electron chi connectivity index (χ3n) is 4.49. The van der Waals surface area contributed by atoms with Gasteiger partial charge in [-0.1, -0.05) is 24.3 Å². The number of carbonyl (C=O) groups is 3. The highest BCUT2D eigenvalue weighted by molar-refractivity contribution is 6.40. The van der Waals surface area contributed by atoms with Gasteiger partial charge in [0, 0.05) is 7.11 Å². The molecule has 0 bridgehead atoms. The Hall–Kier alpha value is -3.02. The average molecular weight is 615 g/mol. The van der Waals surface area contributed by atoms with Gasteiger partial charge in [-0.05, 0) is 63.1 Å². The molecule has 40 heavy (non-hydrogen) atoms. The standard InChI is InChI=1S/C13H18O4.C11H14O3.C2HF3O.CH2Cl2/c1-4-16-13(14)10(2)11-6-5-7-12(8-11)17-9-15-3;1-3-14-11(13)8(2)9-5-4-6-10(12)7-9;3-2(4,5)1-6;2-1-3/h5-8,10H,4,9H2,1-3H3;4-8,12H,3H2,1-2H3;1H;1H2. The quantitative estimate of drug-likeness (QED) is 0.146. The zero-order valence-electron chi connectivity index (χ0n) is 22.9. The van der Waals surface area contributed by atoms with Crippen LogP contribution in [-0.4, -0.2) is 62.0 Å². The summed E-state index contributed by atoms with van der Waals surface area (Å²) in [4.78, 5) is 31.6. The van der Waals surface area contributed by atoms with Crippen molar-refractivity contribution in [1.82, 2.24) is 0 Å². The van der Waals surface area contributed by atoms with E-state index in [0.29, 0.717) is 19.0 Å². The van der Waals surface area contributed by atoms with E-state index in [-0.39, 0.29) is 41.7 Å². The molecule has 0 aliphatic rings. The highest BCUT2D eigenvalue weighted by Gasteiger charge is 2.25. The largest absolute Gasteiger partial charge is 0.508 e. The van der Waals surface area contributed by atoms with Crippen LogP contribution in [0.1, 0.15) is 50.7 Å². The van der Waals surface area contributed by atoms with Crippen LogP contribution < -0.4 is 4.74 Å². The Labute approximate surface area is 242 Å². The first-order chi connectivity index (χ1) is 18.8. The molecular weight excluding hydrogens is 580 g/mol. The summed E-state index contributed by atoms with van der Waals surface area (Å²) in [5.41, 5.74) is 1.64. The van der Waals surface area contributed by atoms with Crippen LogP contribution in [0, 0.1) is 0 Å². The monoisotopic (exact) mass is 614 g/mol. The van der Waals surface area contributed by atoms with Gasteiger partial charge in [-0.15, -0.1) is 23.2 Å². The number of rotatable bonds is 9. The number of aromatic hydroxyl groups is 1. The zero-order valence-corrected chi connectivity index (χ0v) is 24.4. The summed E-state index contributed by atoms with van der Waals surface area (Å²) in [6.07, 6.45) is -5.70. The Kier molecular flexibility index (Phi) is 22.3. The van der Waals surface area contributed by atoms with E-state index in [9.17, 15) is 27.9 Å². The van der Waals surface area contributed by atoms with Crippen molar-refractivity contribution in [1.29, 1.82) is 0 Å². The average Bonchev–Trinajstić information content (AvgIpc) is 2.92. The lowest BCUT2D eigenvalue weighted by atomic mass is 10.0. The maximum atomic E-state index is 11.6. The molecule has 2 aromatic carbocycles. The lowest BCUT2D eigenvalue weighted by Gasteiger charge is -2.12. The highest BCUT2D eigenvalue weighted by atomic mass is 35.5.